The summed E-state index contributed by atoms with van der Waals surface area (Å²) < 4.78 is 36.6. The minimum absolute atomic E-state index is 0.109. The number of likely N-dealkylation sites (N-methyl/N-ethyl adjacent to an activating group) is 1. The average Bonchev–Trinajstić information content (AvgIpc) is 2.78. The second kappa shape index (κ2) is 6.68. The Kier molecular flexibility index (Phi) is 5.10. The van der Waals surface area contributed by atoms with Crippen molar-refractivity contribution in [3.05, 3.63) is 40.7 Å². The monoisotopic (exact) mass is 344 g/mol. The van der Waals surface area contributed by atoms with Gasteiger partial charge in [-0.25, -0.2) is 8.42 Å². The van der Waals surface area contributed by atoms with Gasteiger partial charge in [0.25, 0.3) is 0 Å². The Hall–Kier alpha value is -1.57. The van der Waals surface area contributed by atoms with E-state index < -0.39 is 10.0 Å². The molecular weight excluding hydrogens is 328 g/mol. The number of aromatic nitrogens is 1. The summed E-state index contributed by atoms with van der Waals surface area (Å²) >= 11 is 5.86. The number of hydrogen-bond acceptors (Lipinski definition) is 5. The molecule has 1 heterocycles. The number of sulfonamides is 1. The zero-order valence-corrected chi connectivity index (χ0v) is 14.1. The fraction of sp³-hybridized carbons (Fsp3) is 0.357. The maximum absolute atomic E-state index is 12.5. The minimum Gasteiger partial charge on any atom is -0.492 e. The van der Waals surface area contributed by atoms with E-state index in [1.165, 1.54) is 11.4 Å². The molecule has 0 amide bonds. The Morgan fingerprint density at radius 1 is 1.36 bits per heavy atom. The van der Waals surface area contributed by atoms with Crippen molar-refractivity contribution in [1.82, 2.24) is 9.46 Å². The first kappa shape index (κ1) is 16.8. The van der Waals surface area contributed by atoms with Crippen LogP contribution in [0.15, 0.2) is 33.7 Å². The van der Waals surface area contributed by atoms with Crippen LogP contribution in [0.4, 0.5) is 0 Å². The van der Waals surface area contributed by atoms with Gasteiger partial charge in [0.05, 0.1) is 0 Å². The molecule has 0 bridgehead atoms. The van der Waals surface area contributed by atoms with Gasteiger partial charge < -0.3 is 9.26 Å². The normalized spacial score (nSPS) is 11.9. The predicted molar refractivity (Wildman–Crippen MR) is 82.7 cm³/mol. The lowest BCUT2D eigenvalue weighted by atomic mass is 10.3. The van der Waals surface area contributed by atoms with Gasteiger partial charge in [-0.15, -0.1) is 0 Å². The van der Waals surface area contributed by atoms with Gasteiger partial charge >= 0.3 is 0 Å². The molecule has 0 unspecified atom stereocenters. The van der Waals surface area contributed by atoms with Crippen molar-refractivity contribution in [2.24, 2.45) is 0 Å². The molecule has 0 aliphatic carbocycles. The average molecular weight is 345 g/mol. The molecule has 0 N–H and O–H groups in total. The van der Waals surface area contributed by atoms with Crippen molar-refractivity contribution in [2.75, 3.05) is 20.2 Å². The van der Waals surface area contributed by atoms with Gasteiger partial charge in [-0.3, -0.25) is 0 Å². The fourth-order valence-corrected chi connectivity index (χ4v) is 3.59. The Morgan fingerprint density at radius 2 is 2.09 bits per heavy atom. The lowest BCUT2D eigenvalue weighted by Gasteiger charge is -2.17. The lowest BCUT2D eigenvalue weighted by Crippen LogP contribution is -2.31. The minimum atomic E-state index is -3.65. The van der Waals surface area contributed by atoms with Gasteiger partial charge in [0.15, 0.2) is 5.76 Å². The fourth-order valence-electron chi connectivity index (χ4n) is 1.97. The molecule has 120 valence electrons. The van der Waals surface area contributed by atoms with Crippen LogP contribution in [-0.2, 0) is 10.0 Å². The first-order valence-electron chi connectivity index (χ1n) is 6.60. The quantitative estimate of drug-likeness (QED) is 0.805. The van der Waals surface area contributed by atoms with Crippen molar-refractivity contribution < 1.29 is 17.7 Å². The van der Waals surface area contributed by atoms with E-state index >= 15 is 0 Å². The van der Waals surface area contributed by atoms with Crippen molar-refractivity contribution in [2.45, 2.75) is 18.7 Å². The van der Waals surface area contributed by atoms with Crippen LogP contribution < -0.4 is 4.74 Å². The summed E-state index contributed by atoms with van der Waals surface area (Å²) in [5, 5.41) is 4.24. The summed E-state index contributed by atoms with van der Waals surface area (Å²) in [7, 11) is -2.16. The number of benzene rings is 1. The van der Waals surface area contributed by atoms with Gasteiger partial charge in [-0.1, -0.05) is 22.8 Å². The Labute approximate surface area is 134 Å². The van der Waals surface area contributed by atoms with E-state index in [2.05, 4.69) is 5.16 Å². The van der Waals surface area contributed by atoms with Gasteiger partial charge in [-0.05, 0) is 32.0 Å². The van der Waals surface area contributed by atoms with E-state index in [4.69, 9.17) is 20.9 Å². The first-order chi connectivity index (χ1) is 10.3. The molecule has 1 aromatic heterocycles. The van der Waals surface area contributed by atoms with Crippen molar-refractivity contribution in [1.29, 1.82) is 0 Å². The number of hydrogen-bond donors (Lipinski definition) is 0. The zero-order chi connectivity index (χ0) is 16.3. The molecule has 0 spiro atoms. The molecule has 22 heavy (non-hydrogen) atoms. The SMILES string of the molecule is Cc1noc(C)c1S(=O)(=O)N(C)CCOc1cccc(Cl)c1. The molecular formula is C14H17ClN2O4S. The maximum atomic E-state index is 12.5. The van der Waals surface area contributed by atoms with Crippen LogP contribution in [0.5, 0.6) is 5.75 Å². The van der Waals surface area contributed by atoms with Crippen LogP contribution in [0, 0.1) is 13.8 Å². The molecule has 2 aromatic rings. The summed E-state index contributed by atoms with van der Waals surface area (Å²) in [6.07, 6.45) is 0. The number of nitrogens with zero attached hydrogens (tertiary/aromatic N) is 2. The molecule has 0 aliphatic heterocycles. The number of rotatable bonds is 6. The van der Waals surface area contributed by atoms with E-state index in [1.54, 1.807) is 38.1 Å². The highest BCUT2D eigenvalue weighted by molar-refractivity contribution is 7.89. The first-order valence-corrected chi connectivity index (χ1v) is 8.41. The van der Waals surface area contributed by atoms with Crippen molar-refractivity contribution in [3.63, 3.8) is 0 Å². The molecule has 2 rings (SSSR count). The molecule has 8 heteroatoms. The number of ether oxygens (including phenoxy) is 1. The Bertz CT molecular complexity index is 738. The molecule has 6 nitrogen and oxygen atoms in total. The van der Waals surface area contributed by atoms with Crippen LogP contribution >= 0.6 is 11.6 Å². The molecule has 0 fully saturated rings. The summed E-state index contributed by atoms with van der Waals surface area (Å²) in [5.41, 5.74) is 0.347. The van der Waals surface area contributed by atoms with E-state index in [0.717, 1.165) is 0 Å². The van der Waals surface area contributed by atoms with Crippen LogP contribution in [0.2, 0.25) is 5.02 Å². The summed E-state index contributed by atoms with van der Waals surface area (Å²) in [6.45, 7) is 3.57. The van der Waals surface area contributed by atoms with E-state index in [1.807, 2.05) is 0 Å². The lowest BCUT2D eigenvalue weighted by molar-refractivity contribution is 0.286. The Morgan fingerprint density at radius 3 is 2.68 bits per heavy atom. The summed E-state index contributed by atoms with van der Waals surface area (Å²) in [5.74, 6) is 0.871. The van der Waals surface area contributed by atoms with Gasteiger partial charge in [0.2, 0.25) is 10.0 Å². The van der Waals surface area contributed by atoms with E-state index in [0.29, 0.717) is 16.5 Å². The second-order valence-corrected chi connectivity index (χ2v) is 7.20. The van der Waals surface area contributed by atoms with E-state index in [-0.39, 0.29) is 23.8 Å². The Balaban J connectivity index is 2.01. The highest BCUT2D eigenvalue weighted by Crippen LogP contribution is 2.22. The van der Waals surface area contributed by atoms with Gasteiger partial charge in [-0.2, -0.15) is 4.31 Å². The van der Waals surface area contributed by atoms with Crippen LogP contribution in [0.25, 0.3) is 0 Å². The largest absolute Gasteiger partial charge is 0.492 e. The van der Waals surface area contributed by atoms with Crippen LogP contribution in [0.1, 0.15) is 11.5 Å². The highest BCUT2D eigenvalue weighted by atomic mass is 35.5. The van der Waals surface area contributed by atoms with Gasteiger partial charge in [0, 0.05) is 18.6 Å². The topological polar surface area (TPSA) is 72.6 Å². The third kappa shape index (κ3) is 3.60. The molecule has 0 saturated carbocycles. The zero-order valence-electron chi connectivity index (χ0n) is 12.5. The van der Waals surface area contributed by atoms with Crippen molar-refractivity contribution in [3.8, 4) is 5.75 Å². The maximum Gasteiger partial charge on any atom is 0.248 e. The second-order valence-electron chi connectivity index (χ2n) is 4.79. The molecule has 0 atom stereocenters. The smallest absolute Gasteiger partial charge is 0.248 e. The predicted octanol–water partition coefficient (Wildman–Crippen LogP) is 2.64. The third-order valence-electron chi connectivity index (χ3n) is 3.11. The number of aryl methyl sites for hydroxylation is 2. The van der Waals surface area contributed by atoms with Crippen molar-refractivity contribution >= 4 is 21.6 Å². The summed E-state index contributed by atoms with van der Waals surface area (Å²) in [4.78, 5) is 0.109. The van der Waals surface area contributed by atoms with Gasteiger partial charge in [0.1, 0.15) is 22.9 Å². The molecule has 0 aliphatic rings. The molecule has 0 radical (unpaired) electrons. The van der Waals surface area contributed by atoms with Crippen LogP contribution in [-0.4, -0.2) is 38.1 Å². The molecule has 1 aromatic carbocycles. The van der Waals surface area contributed by atoms with Crippen LogP contribution in [0.3, 0.4) is 0 Å². The number of halogens is 1. The van der Waals surface area contributed by atoms with E-state index in [9.17, 15) is 8.42 Å². The molecule has 0 saturated heterocycles. The standard InChI is InChI=1S/C14H17ClN2O4S/c1-10-14(11(2)21-16-10)22(18,19)17(3)7-8-20-13-6-4-5-12(15)9-13/h4-6,9H,7-8H2,1-3H3. The highest BCUT2D eigenvalue weighted by Gasteiger charge is 2.28. The third-order valence-corrected chi connectivity index (χ3v) is 5.44. The summed E-state index contributed by atoms with van der Waals surface area (Å²) in [6, 6.07) is 6.93.